The Kier molecular flexibility index (Phi) is 8.69. The maximum Gasteiger partial charge on any atom is 0.303 e. The van der Waals surface area contributed by atoms with E-state index in [4.69, 9.17) is 18.6 Å². The van der Waals surface area contributed by atoms with Crippen molar-refractivity contribution in [1.82, 2.24) is 0 Å². The Balaban J connectivity index is 1.99. The molecule has 35 heavy (non-hydrogen) atoms. The molecule has 7 heteroatoms. The minimum atomic E-state index is -2.81. The maximum absolute atomic E-state index is 11.9. The topological polar surface area (TPSA) is 71.1 Å². The molecule has 2 aromatic carbocycles. The van der Waals surface area contributed by atoms with Crippen molar-refractivity contribution >= 4 is 30.6 Å². The van der Waals surface area contributed by atoms with Gasteiger partial charge in [0.1, 0.15) is 24.4 Å². The molecule has 0 saturated carbocycles. The van der Waals surface area contributed by atoms with Crippen molar-refractivity contribution < 1.29 is 28.2 Å². The molecule has 0 aliphatic carbocycles. The number of esters is 2. The predicted octanol–water partition coefficient (Wildman–Crippen LogP) is 3.77. The Labute approximate surface area is 209 Å². The first-order valence-corrected chi connectivity index (χ1v) is 13.9. The molecular formula is C28H36O6Si. The van der Waals surface area contributed by atoms with Crippen molar-refractivity contribution in [1.29, 1.82) is 0 Å². The van der Waals surface area contributed by atoms with Crippen LogP contribution in [0.25, 0.3) is 0 Å². The van der Waals surface area contributed by atoms with Crippen LogP contribution in [-0.2, 0) is 28.2 Å². The molecule has 1 saturated heterocycles. The van der Waals surface area contributed by atoms with Gasteiger partial charge < -0.3 is 18.6 Å². The first-order valence-electron chi connectivity index (χ1n) is 12.0. The third kappa shape index (κ3) is 6.09. The summed E-state index contributed by atoms with van der Waals surface area (Å²) >= 11 is 0. The molecule has 0 bridgehead atoms. The molecule has 2 aromatic rings. The number of rotatable bonds is 8. The van der Waals surface area contributed by atoms with Crippen LogP contribution < -0.4 is 10.4 Å². The van der Waals surface area contributed by atoms with E-state index in [1.54, 1.807) is 6.08 Å². The normalized spacial score (nSPS) is 22.8. The van der Waals surface area contributed by atoms with Gasteiger partial charge in [0.05, 0.1) is 6.61 Å². The molecule has 0 unspecified atom stereocenters. The van der Waals surface area contributed by atoms with Crippen molar-refractivity contribution in [2.24, 2.45) is 0 Å². The van der Waals surface area contributed by atoms with Gasteiger partial charge in [-0.15, -0.1) is 6.58 Å². The summed E-state index contributed by atoms with van der Waals surface area (Å²) in [6.45, 7) is 13.4. The van der Waals surface area contributed by atoms with E-state index in [1.165, 1.54) is 13.8 Å². The van der Waals surface area contributed by atoms with E-state index in [0.717, 1.165) is 10.4 Å². The zero-order valence-corrected chi connectivity index (χ0v) is 22.2. The maximum atomic E-state index is 11.9. The van der Waals surface area contributed by atoms with Gasteiger partial charge in [-0.1, -0.05) is 87.5 Å². The summed E-state index contributed by atoms with van der Waals surface area (Å²) < 4.78 is 24.3. The molecule has 4 atom stereocenters. The van der Waals surface area contributed by atoms with Crippen LogP contribution in [0.15, 0.2) is 73.3 Å². The van der Waals surface area contributed by atoms with E-state index in [-0.39, 0.29) is 11.6 Å². The standard InChI is InChI=1S/C28H36O6Si/c1-7-24-25(32-20(2)29)18-26(33-21(3)30)27(34-24)19-31-35(28(4,5)6,22-14-10-8-11-15-22)23-16-12-9-13-17-23/h7-17,24-27H,1,18-19H2,2-6H3/t24-,25+,26-,27+/m0/s1. The van der Waals surface area contributed by atoms with Crippen molar-refractivity contribution in [3.63, 3.8) is 0 Å². The molecule has 188 valence electrons. The molecule has 1 fully saturated rings. The molecule has 0 N–H and O–H groups in total. The lowest BCUT2D eigenvalue weighted by molar-refractivity contribution is -0.198. The van der Waals surface area contributed by atoms with Gasteiger partial charge in [-0.25, -0.2) is 0 Å². The fraction of sp³-hybridized carbons (Fsp3) is 0.429. The zero-order chi connectivity index (χ0) is 25.6. The summed E-state index contributed by atoms with van der Waals surface area (Å²) in [5, 5.41) is 2.09. The molecule has 0 spiro atoms. The summed E-state index contributed by atoms with van der Waals surface area (Å²) in [7, 11) is -2.81. The second-order valence-corrected chi connectivity index (χ2v) is 14.2. The van der Waals surface area contributed by atoms with Gasteiger partial charge in [0.25, 0.3) is 8.32 Å². The van der Waals surface area contributed by atoms with Crippen molar-refractivity contribution in [3.05, 3.63) is 73.3 Å². The van der Waals surface area contributed by atoms with Crippen molar-refractivity contribution in [2.45, 2.75) is 70.5 Å². The van der Waals surface area contributed by atoms with Crippen LogP contribution >= 0.6 is 0 Å². The largest absolute Gasteiger partial charge is 0.460 e. The van der Waals surface area contributed by atoms with Crippen LogP contribution in [0.4, 0.5) is 0 Å². The smallest absolute Gasteiger partial charge is 0.303 e. The molecule has 0 aromatic heterocycles. The Morgan fingerprint density at radius 1 is 0.943 bits per heavy atom. The van der Waals surface area contributed by atoms with E-state index in [0.29, 0.717) is 6.42 Å². The molecule has 1 aliphatic rings. The first kappa shape index (κ1) is 26.9. The fourth-order valence-corrected chi connectivity index (χ4v) is 9.45. The molecule has 0 amide bonds. The number of benzene rings is 2. The Bertz CT molecular complexity index is 962. The van der Waals surface area contributed by atoms with Crippen LogP contribution in [0.1, 0.15) is 41.0 Å². The SMILES string of the molecule is C=C[C@@H]1O[C@H](CO[Si](c2ccccc2)(c2ccccc2)C(C)(C)C)[C@@H](OC(C)=O)C[C@H]1OC(C)=O. The van der Waals surface area contributed by atoms with E-state index in [1.807, 2.05) is 36.4 Å². The van der Waals surface area contributed by atoms with Crippen LogP contribution in [0.2, 0.25) is 5.04 Å². The summed E-state index contributed by atoms with van der Waals surface area (Å²) in [4.78, 5) is 23.5. The van der Waals surface area contributed by atoms with Gasteiger partial charge in [0.2, 0.25) is 0 Å². The molecule has 1 heterocycles. The highest BCUT2D eigenvalue weighted by Crippen LogP contribution is 2.37. The highest BCUT2D eigenvalue weighted by molar-refractivity contribution is 6.99. The Morgan fingerprint density at radius 3 is 1.86 bits per heavy atom. The summed E-state index contributed by atoms with van der Waals surface area (Å²) in [6, 6.07) is 20.6. The lowest BCUT2D eigenvalue weighted by Crippen LogP contribution is -2.67. The number of carbonyl (C=O) groups is 2. The van der Waals surface area contributed by atoms with E-state index >= 15 is 0 Å². The van der Waals surface area contributed by atoms with E-state index in [2.05, 4.69) is 51.6 Å². The van der Waals surface area contributed by atoms with Gasteiger partial charge >= 0.3 is 11.9 Å². The quantitative estimate of drug-likeness (QED) is 0.315. The number of hydrogen-bond acceptors (Lipinski definition) is 6. The van der Waals surface area contributed by atoms with Crippen molar-refractivity contribution in [3.8, 4) is 0 Å². The molecule has 6 nitrogen and oxygen atoms in total. The van der Waals surface area contributed by atoms with E-state index < -0.39 is 44.7 Å². The fourth-order valence-electron chi connectivity index (χ4n) is 4.88. The summed E-state index contributed by atoms with van der Waals surface area (Å²) in [5.74, 6) is -0.846. The molecular weight excluding hydrogens is 460 g/mol. The summed E-state index contributed by atoms with van der Waals surface area (Å²) in [5.41, 5.74) is 0. The third-order valence-electron chi connectivity index (χ3n) is 6.33. The van der Waals surface area contributed by atoms with Gasteiger partial charge in [0, 0.05) is 20.3 Å². The second kappa shape index (κ2) is 11.3. The zero-order valence-electron chi connectivity index (χ0n) is 21.2. The van der Waals surface area contributed by atoms with Gasteiger partial charge in [-0.3, -0.25) is 9.59 Å². The Hall–Kier alpha value is -2.74. The highest BCUT2D eigenvalue weighted by Gasteiger charge is 2.51. The lowest BCUT2D eigenvalue weighted by atomic mass is 9.98. The first-order chi connectivity index (χ1) is 16.6. The summed E-state index contributed by atoms with van der Waals surface area (Å²) in [6.07, 6.45) is -0.351. The molecule has 1 aliphatic heterocycles. The van der Waals surface area contributed by atoms with Gasteiger partial charge in [0.15, 0.2) is 0 Å². The minimum Gasteiger partial charge on any atom is -0.460 e. The lowest BCUT2D eigenvalue weighted by Gasteiger charge is -2.45. The van der Waals surface area contributed by atoms with Crippen LogP contribution in [0.3, 0.4) is 0 Å². The highest BCUT2D eigenvalue weighted by atomic mass is 28.4. The predicted molar refractivity (Wildman–Crippen MR) is 138 cm³/mol. The minimum absolute atomic E-state index is 0.209. The average molecular weight is 497 g/mol. The van der Waals surface area contributed by atoms with Crippen molar-refractivity contribution in [2.75, 3.05) is 6.61 Å². The van der Waals surface area contributed by atoms with Crippen LogP contribution in [0, 0.1) is 0 Å². The van der Waals surface area contributed by atoms with Gasteiger partial charge in [-0.2, -0.15) is 0 Å². The average Bonchev–Trinajstić information content (AvgIpc) is 2.80. The monoisotopic (exact) mass is 496 g/mol. The van der Waals surface area contributed by atoms with Crippen LogP contribution in [-0.4, -0.2) is 51.3 Å². The van der Waals surface area contributed by atoms with Crippen LogP contribution in [0.5, 0.6) is 0 Å². The number of hydrogen-bond donors (Lipinski definition) is 0. The van der Waals surface area contributed by atoms with E-state index in [9.17, 15) is 9.59 Å². The number of ether oxygens (including phenoxy) is 3. The molecule has 3 rings (SSSR count). The van der Waals surface area contributed by atoms with Gasteiger partial charge in [-0.05, 0) is 15.4 Å². The Morgan fingerprint density at radius 2 is 1.43 bits per heavy atom. The third-order valence-corrected chi connectivity index (χ3v) is 11.3. The molecule has 0 radical (unpaired) electrons. The number of carbonyl (C=O) groups excluding carboxylic acids is 2. The second-order valence-electron chi connectivity index (χ2n) is 9.88.